The number of pyridine rings is 2. The smallest absolute Gasteiger partial charge is 0.256 e. The minimum atomic E-state index is -0.223. The molecule has 4 heterocycles. The maximum atomic E-state index is 12.7. The summed E-state index contributed by atoms with van der Waals surface area (Å²) in [6.45, 7) is 0. The summed E-state index contributed by atoms with van der Waals surface area (Å²) in [5.41, 5.74) is 4.21. The molecule has 0 aliphatic carbocycles. The van der Waals surface area contributed by atoms with E-state index in [1.54, 1.807) is 40.2 Å². The number of hydrogen-bond donors (Lipinski definition) is 1. The van der Waals surface area contributed by atoms with Crippen LogP contribution in [0, 0.1) is 0 Å². The zero-order chi connectivity index (χ0) is 20.0. The van der Waals surface area contributed by atoms with E-state index in [0.717, 1.165) is 32.9 Å². The molecule has 0 atom stereocenters. The number of hydrogen-bond acceptors (Lipinski definition) is 5. The molecule has 4 aromatic heterocycles. The van der Waals surface area contributed by atoms with Gasteiger partial charge in [-0.3, -0.25) is 19.1 Å². The summed E-state index contributed by atoms with van der Waals surface area (Å²) in [6, 6.07) is 9.32. The van der Waals surface area contributed by atoms with E-state index >= 15 is 0 Å². The predicted octanol–water partition coefficient (Wildman–Crippen LogP) is 3.17. The fourth-order valence-corrected chi connectivity index (χ4v) is 3.32. The fourth-order valence-electron chi connectivity index (χ4n) is 3.32. The Labute approximate surface area is 165 Å². The molecule has 0 radical (unpaired) electrons. The lowest BCUT2D eigenvalue weighted by Gasteiger charge is -2.07. The number of rotatable bonds is 3. The van der Waals surface area contributed by atoms with Gasteiger partial charge in [-0.05, 0) is 30.3 Å². The highest BCUT2D eigenvalue weighted by molar-refractivity contribution is 6.06. The second-order valence-electron chi connectivity index (χ2n) is 6.88. The van der Waals surface area contributed by atoms with E-state index in [-0.39, 0.29) is 5.91 Å². The summed E-state index contributed by atoms with van der Waals surface area (Å²) in [6.07, 6.45) is 8.92. The van der Waals surface area contributed by atoms with Crippen molar-refractivity contribution in [2.45, 2.75) is 0 Å². The fraction of sp³-hybridized carbons (Fsp3) is 0.0952. The second kappa shape index (κ2) is 6.52. The number of benzene rings is 1. The molecule has 0 saturated heterocycles. The van der Waals surface area contributed by atoms with Crippen LogP contribution < -0.4 is 5.32 Å². The SMILES string of the molecule is Cn1cc(-c2cnc3cnc(NC(=O)c4ccc5c(cnn5C)c4)cc3c2)cn1. The van der Waals surface area contributed by atoms with E-state index in [4.69, 9.17) is 0 Å². The van der Waals surface area contributed by atoms with E-state index in [1.807, 2.05) is 44.6 Å². The van der Waals surface area contributed by atoms with Gasteiger partial charge >= 0.3 is 0 Å². The van der Waals surface area contributed by atoms with Crippen molar-refractivity contribution in [3.63, 3.8) is 0 Å². The maximum absolute atomic E-state index is 12.7. The second-order valence-corrected chi connectivity index (χ2v) is 6.88. The molecule has 0 bridgehead atoms. The molecule has 0 spiro atoms. The normalized spacial score (nSPS) is 11.2. The highest BCUT2D eigenvalue weighted by atomic mass is 16.1. The monoisotopic (exact) mass is 383 g/mol. The van der Waals surface area contributed by atoms with E-state index < -0.39 is 0 Å². The van der Waals surface area contributed by atoms with Gasteiger partial charge in [-0.2, -0.15) is 10.2 Å². The Bertz CT molecular complexity index is 1380. The molecule has 5 aromatic rings. The van der Waals surface area contributed by atoms with E-state index in [9.17, 15) is 4.79 Å². The molecule has 29 heavy (non-hydrogen) atoms. The maximum Gasteiger partial charge on any atom is 0.256 e. The highest BCUT2D eigenvalue weighted by Crippen LogP contribution is 2.23. The molecule has 1 N–H and O–H groups in total. The van der Waals surface area contributed by atoms with Gasteiger partial charge < -0.3 is 5.32 Å². The Morgan fingerprint density at radius 3 is 2.62 bits per heavy atom. The van der Waals surface area contributed by atoms with E-state index in [1.165, 1.54) is 0 Å². The topological polar surface area (TPSA) is 90.5 Å². The van der Waals surface area contributed by atoms with Crippen molar-refractivity contribution in [3.05, 3.63) is 66.9 Å². The first-order valence-corrected chi connectivity index (χ1v) is 9.05. The van der Waals surface area contributed by atoms with E-state index in [0.29, 0.717) is 11.4 Å². The standard InChI is InChI=1S/C21H17N7O/c1-27-12-17(10-24-27)15-6-14-7-20(23-11-18(14)22-8-15)26-21(29)13-3-4-19-16(5-13)9-25-28(19)2/h3-12H,1-2H3,(H,23,26,29). The number of aryl methyl sites for hydroxylation is 2. The van der Waals surface area contributed by atoms with Crippen LogP contribution in [-0.2, 0) is 14.1 Å². The summed E-state index contributed by atoms with van der Waals surface area (Å²) in [4.78, 5) is 21.5. The van der Waals surface area contributed by atoms with Gasteiger partial charge in [-0.15, -0.1) is 0 Å². The van der Waals surface area contributed by atoms with Crippen molar-refractivity contribution in [1.82, 2.24) is 29.5 Å². The Morgan fingerprint density at radius 2 is 1.79 bits per heavy atom. The third-order valence-electron chi connectivity index (χ3n) is 4.86. The molecule has 1 aromatic carbocycles. The summed E-state index contributed by atoms with van der Waals surface area (Å²) < 4.78 is 3.52. The molecule has 0 aliphatic heterocycles. The number of aromatic nitrogens is 6. The van der Waals surface area contributed by atoms with Crippen molar-refractivity contribution in [2.24, 2.45) is 14.1 Å². The van der Waals surface area contributed by atoms with Crippen LogP contribution in [0.1, 0.15) is 10.4 Å². The Morgan fingerprint density at radius 1 is 0.897 bits per heavy atom. The van der Waals surface area contributed by atoms with Crippen molar-refractivity contribution in [3.8, 4) is 11.1 Å². The average Bonchev–Trinajstić information content (AvgIpc) is 3.33. The molecule has 5 rings (SSSR count). The number of carbonyl (C=O) groups is 1. The van der Waals surface area contributed by atoms with Gasteiger partial charge in [-0.25, -0.2) is 4.98 Å². The lowest BCUT2D eigenvalue weighted by atomic mass is 10.1. The summed E-state index contributed by atoms with van der Waals surface area (Å²) in [5.74, 6) is 0.248. The summed E-state index contributed by atoms with van der Waals surface area (Å²) >= 11 is 0. The lowest BCUT2D eigenvalue weighted by molar-refractivity contribution is 0.102. The van der Waals surface area contributed by atoms with Gasteiger partial charge in [0.05, 0.1) is 29.6 Å². The van der Waals surface area contributed by atoms with Crippen LogP contribution >= 0.6 is 0 Å². The number of anilines is 1. The first kappa shape index (κ1) is 17.1. The molecule has 0 aliphatic rings. The molecule has 8 nitrogen and oxygen atoms in total. The zero-order valence-electron chi connectivity index (χ0n) is 15.9. The van der Waals surface area contributed by atoms with Crippen LogP contribution in [0.3, 0.4) is 0 Å². The Hall–Kier alpha value is -4.07. The Balaban J connectivity index is 1.45. The Kier molecular flexibility index (Phi) is 3.83. The van der Waals surface area contributed by atoms with Crippen LogP contribution in [0.4, 0.5) is 5.82 Å². The minimum Gasteiger partial charge on any atom is -0.307 e. The van der Waals surface area contributed by atoms with Gasteiger partial charge in [0.25, 0.3) is 5.91 Å². The molecule has 1 amide bonds. The minimum absolute atomic E-state index is 0.223. The van der Waals surface area contributed by atoms with Crippen LogP contribution in [0.25, 0.3) is 32.9 Å². The van der Waals surface area contributed by atoms with Crippen LogP contribution in [-0.4, -0.2) is 35.4 Å². The number of fused-ring (bicyclic) bond motifs is 2. The average molecular weight is 383 g/mol. The first-order chi connectivity index (χ1) is 14.1. The third-order valence-corrected chi connectivity index (χ3v) is 4.86. The molecular weight excluding hydrogens is 366 g/mol. The molecular formula is C21H17N7O. The highest BCUT2D eigenvalue weighted by Gasteiger charge is 2.11. The quantitative estimate of drug-likeness (QED) is 0.517. The molecule has 0 saturated carbocycles. The summed E-state index contributed by atoms with van der Waals surface area (Å²) in [7, 11) is 3.74. The zero-order valence-corrected chi connectivity index (χ0v) is 15.9. The lowest BCUT2D eigenvalue weighted by Crippen LogP contribution is -2.12. The van der Waals surface area contributed by atoms with Crippen LogP contribution in [0.15, 0.2) is 61.3 Å². The third kappa shape index (κ3) is 3.10. The van der Waals surface area contributed by atoms with Gasteiger partial charge in [0.15, 0.2) is 0 Å². The number of nitrogens with zero attached hydrogens (tertiary/aromatic N) is 6. The molecule has 8 heteroatoms. The van der Waals surface area contributed by atoms with Crippen LogP contribution in [0.5, 0.6) is 0 Å². The van der Waals surface area contributed by atoms with Gasteiger partial charge in [0, 0.05) is 54.0 Å². The van der Waals surface area contributed by atoms with Crippen molar-refractivity contribution >= 4 is 33.5 Å². The molecule has 142 valence electrons. The van der Waals surface area contributed by atoms with Gasteiger partial charge in [-0.1, -0.05) is 0 Å². The first-order valence-electron chi connectivity index (χ1n) is 9.05. The van der Waals surface area contributed by atoms with E-state index in [2.05, 4.69) is 25.5 Å². The molecule has 0 unspecified atom stereocenters. The molecule has 0 fully saturated rings. The number of nitrogens with one attached hydrogen (secondary N) is 1. The van der Waals surface area contributed by atoms with Crippen molar-refractivity contribution in [1.29, 1.82) is 0 Å². The van der Waals surface area contributed by atoms with Gasteiger partial charge in [0.2, 0.25) is 0 Å². The number of amides is 1. The van der Waals surface area contributed by atoms with Gasteiger partial charge in [0.1, 0.15) is 5.82 Å². The van der Waals surface area contributed by atoms with Crippen LogP contribution in [0.2, 0.25) is 0 Å². The predicted molar refractivity (Wildman–Crippen MR) is 110 cm³/mol. The van der Waals surface area contributed by atoms with Crippen molar-refractivity contribution < 1.29 is 4.79 Å². The summed E-state index contributed by atoms with van der Waals surface area (Å²) in [5, 5.41) is 13.1. The largest absolute Gasteiger partial charge is 0.307 e. The number of carbonyl (C=O) groups excluding carboxylic acids is 1. The van der Waals surface area contributed by atoms with Crippen molar-refractivity contribution in [2.75, 3.05) is 5.32 Å².